The summed E-state index contributed by atoms with van der Waals surface area (Å²) in [6.07, 6.45) is 3.95. The minimum absolute atomic E-state index is 0.130. The lowest BCUT2D eigenvalue weighted by Gasteiger charge is -2.38. The Hall–Kier alpha value is -1.20. The minimum atomic E-state index is 0.130. The fraction of sp³-hybridized carbons (Fsp3) is 0.467. The molecule has 0 unspecified atom stereocenters. The first-order valence-corrected chi connectivity index (χ1v) is 8.54. The maximum atomic E-state index is 12.3. The first-order chi connectivity index (χ1) is 9.58. The van der Waals surface area contributed by atoms with Crippen LogP contribution in [-0.2, 0) is 5.41 Å². The van der Waals surface area contributed by atoms with Gasteiger partial charge in [-0.2, -0.15) is 0 Å². The third-order valence-corrected chi connectivity index (χ3v) is 6.10. The van der Waals surface area contributed by atoms with Crippen molar-refractivity contribution < 1.29 is 4.79 Å². The minimum Gasteiger partial charge on any atom is -0.338 e. The number of nitrogens with zero attached hydrogens (tertiary/aromatic N) is 2. The molecule has 0 aromatic carbocycles. The van der Waals surface area contributed by atoms with Crippen LogP contribution in [-0.4, -0.2) is 28.9 Å². The van der Waals surface area contributed by atoms with Crippen molar-refractivity contribution in [2.75, 3.05) is 13.1 Å². The van der Waals surface area contributed by atoms with Crippen LogP contribution in [0.4, 0.5) is 0 Å². The van der Waals surface area contributed by atoms with Crippen LogP contribution >= 0.6 is 22.7 Å². The van der Waals surface area contributed by atoms with Crippen molar-refractivity contribution in [1.82, 2.24) is 9.88 Å². The molecule has 2 aromatic heterocycles. The number of likely N-dealkylation sites (tertiary alicyclic amines) is 1. The van der Waals surface area contributed by atoms with Crippen LogP contribution < -0.4 is 0 Å². The molecular formula is C15H18N2OS2. The topological polar surface area (TPSA) is 33.2 Å². The largest absolute Gasteiger partial charge is 0.338 e. The lowest BCUT2D eigenvalue weighted by atomic mass is 9.81. The SMILES string of the molecule is Cc1cnc(C2(C)CCN(C(=O)c3cccs3)CC2)s1. The van der Waals surface area contributed by atoms with Crippen LogP contribution in [0.2, 0.25) is 0 Å². The number of thiophene rings is 1. The Morgan fingerprint density at radius 1 is 1.40 bits per heavy atom. The molecule has 1 aliphatic heterocycles. The summed E-state index contributed by atoms with van der Waals surface area (Å²) in [7, 11) is 0. The highest BCUT2D eigenvalue weighted by Gasteiger charge is 2.35. The summed E-state index contributed by atoms with van der Waals surface area (Å²) < 4.78 is 0. The number of aromatic nitrogens is 1. The molecule has 2 aromatic rings. The molecule has 1 fully saturated rings. The van der Waals surface area contributed by atoms with Crippen LogP contribution in [0.15, 0.2) is 23.7 Å². The van der Waals surface area contributed by atoms with Crippen molar-refractivity contribution in [3.8, 4) is 0 Å². The number of rotatable bonds is 2. The Kier molecular flexibility index (Phi) is 3.65. The molecule has 3 heterocycles. The van der Waals surface area contributed by atoms with Gasteiger partial charge in [0.15, 0.2) is 0 Å². The molecule has 3 rings (SSSR count). The van der Waals surface area contributed by atoms with E-state index in [0.29, 0.717) is 0 Å². The van der Waals surface area contributed by atoms with Gasteiger partial charge in [0.25, 0.3) is 5.91 Å². The fourth-order valence-electron chi connectivity index (χ4n) is 2.61. The molecule has 106 valence electrons. The van der Waals surface area contributed by atoms with Crippen molar-refractivity contribution in [2.24, 2.45) is 0 Å². The maximum Gasteiger partial charge on any atom is 0.263 e. The van der Waals surface area contributed by atoms with Gasteiger partial charge in [0.05, 0.1) is 9.88 Å². The highest BCUT2D eigenvalue weighted by molar-refractivity contribution is 7.12. The van der Waals surface area contributed by atoms with E-state index in [1.54, 1.807) is 11.3 Å². The third kappa shape index (κ3) is 2.52. The van der Waals surface area contributed by atoms with E-state index in [2.05, 4.69) is 18.8 Å². The molecular weight excluding hydrogens is 288 g/mol. The maximum absolute atomic E-state index is 12.3. The Morgan fingerprint density at radius 3 is 2.70 bits per heavy atom. The summed E-state index contributed by atoms with van der Waals surface area (Å²) in [4.78, 5) is 21.0. The van der Waals surface area contributed by atoms with E-state index in [4.69, 9.17) is 0 Å². The van der Waals surface area contributed by atoms with E-state index in [0.717, 1.165) is 30.8 Å². The van der Waals surface area contributed by atoms with E-state index < -0.39 is 0 Å². The van der Waals surface area contributed by atoms with E-state index in [1.807, 2.05) is 28.6 Å². The summed E-state index contributed by atoms with van der Waals surface area (Å²) in [5.74, 6) is 0.178. The first-order valence-electron chi connectivity index (χ1n) is 6.84. The number of hydrogen-bond acceptors (Lipinski definition) is 4. The Balaban J connectivity index is 1.69. The van der Waals surface area contributed by atoms with Gasteiger partial charge in [-0.25, -0.2) is 4.98 Å². The molecule has 1 amide bonds. The predicted octanol–water partition coefficient (Wildman–Crippen LogP) is 3.71. The van der Waals surface area contributed by atoms with Crippen molar-refractivity contribution in [3.63, 3.8) is 0 Å². The second-order valence-electron chi connectivity index (χ2n) is 5.61. The monoisotopic (exact) mass is 306 g/mol. The van der Waals surface area contributed by atoms with Gasteiger partial charge in [-0.05, 0) is 31.2 Å². The number of piperidine rings is 1. The second-order valence-corrected chi connectivity index (χ2v) is 7.79. The molecule has 0 bridgehead atoms. The molecule has 0 atom stereocenters. The summed E-state index contributed by atoms with van der Waals surface area (Å²) >= 11 is 3.31. The molecule has 0 radical (unpaired) electrons. The Bertz CT molecular complexity index is 595. The number of carbonyl (C=O) groups is 1. The predicted molar refractivity (Wildman–Crippen MR) is 83.7 cm³/mol. The highest BCUT2D eigenvalue weighted by Crippen LogP contribution is 2.37. The summed E-state index contributed by atoms with van der Waals surface area (Å²) in [5.41, 5.74) is 0.130. The van der Waals surface area contributed by atoms with E-state index >= 15 is 0 Å². The zero-order chi connectivity index (χ0) is 14.2. The molecule has 1 saturated heterocycles. The molecule has 0 aliphatic carbocycles. The average Bonchev–Trinajstić information content (AvgIpc) is 3.10. The van der Waals surface area contributed by atoms with Crippen LogP contribution in [0.3, 0.4) is 0 Å². The summed E-state index contributed by atoms with van der Waals surface area (Å²) in [6.45, 7) is 6.02. The van der Waals surface area contributed by atoms with Gasteiger partial charge in [0.1, 0.15) is 0 Å². The lowest BCUT2D eigenvalue weighted by molar-refractivity contribution is 0.0681. The van der Waals surface area contributed by atoms with Gasteiger partial charge in [0.2, 0.25) is 0 Å². The van der Waals surface area contributed by atoms with Crippen LogP contribution in [0.5, 0.6) is 0 Å². The van der Waals surface area contributed by atoms with Gasteiger partial charge in [-0.3, -0.25) is 4.79 Å². The number of amides is 1. The van der Waals surface area contributed by atoms with Crippen molar-refractivity contribution in [2.45, 2.75) is 32.1 Å². The highest BCUT2D eigenvalue weighted by atomic mass is 32.1. The van der Waals surface area contributed by atoms with Crippen molar-refractivity contribution in [3.05, 3.63) is 38.5 Å². The first kappa shape index (κ1) is 13.8. The van der Waals surface area contributed by atoms with E-state index in [-0.39, 0.29) is 11.3 Å². The van der Waals surface area contributed by atoms with Gasteiger partial charge in [-0.15, -0.1) is 22.7 Å². The van der Waals surface area contributed by atoms with Crippen LogP contribution in [0, 0.1) is 6.92 Å². The van der Waals surface area contributed by atoms with E-state index in [9.17, 15) is 4.79 Å². The van der Waals surface area contributed by atoms with Crippen molar-refractivity contribution >= 4 is 28.6 Å². The molecule has 20 heavy (non-hydrogen) atoms. The quantitative estimate of drug-likeness (QED) is 0.847. The van der Waals surface area contributed by atoms with Crippen LogP contribution in [0.1, 0.15) is 39.3 Å². The van der Waals surface area contributed by atoms with Gasteiger partial charge in [-0.1, -0.05) is 13.0 Å². The fourth-order valence-corrected chi connectivity index (χ4v) is 4.26. The number of hydrogen-bond donors (Lipinski definition) is 0. The lowest BCUT2D eigenvalue weighted by Crippen LogP contribution is -2.43. The zero-order valence-electron chi connectivity index (χ0n) is 11.8. The molecule has 3 nitrogen and oxygen atoms in total. The third-order valence-electron chi connectivity index (χ3n) is 4.02. The average molecular weight is 306 g/mol. The number of thiazole rings is 1. The smallest absolute Gasteiger partial charge is 0.263 e. The zero-order valence-corrected chi connectivity index (χ0v) is 13.4. The van der Waals surface area contributed by atoms with Gasteiger partial charge in [0, 0.05) is 29.6 Å². The standard InChI is InChI=1S/C15H18N2OS2/c1-11-10-16-14(20-11)15(2)5-7-17(8-6-15)13(18)12-4-3-9-19-12/h3-4,9-10H,5-8H2,1-2H3. The molecule has 5 heteroatoms. The Morgan fingerprint density at radius 2 is 2.15 bits per heavy atom. The molecule has 1 aliphatic rings. The Labute approximate surface area is 127 Å². The normalized spacial score (nSPS) is 18.2. The second kappa shape index (κ2) is 5.30. The number of carbonyl (C=O) groups excluding carboxylic acids is 1. The van der Waals surface area contributed by atoms with Crippen LogP contribution in [0.25, 0.3) is 0 Å². The summed E-state index contributed by atoms with van der Waals surface area (Å²) in [6, 6.07) is 3.84. The van der Waals surface area contributed by atoms with Crippen molar-refractivity contribution in [1.29, 1.82) is 0 Å². The van der Waals surface area contributed by atoms with E-state index in [1.165, 1.54) is 21.2 Å². The molecule has 0 spiro atoms. The molecule has 0 saturated carbocycles. The number of aryl methyl sites for hydroxylation is 1. The molecule has 0 N–H and O–H groups in total. The van der Waals surface area contributed by atoms with Gasteiger partial charge >= 0.3 is 0 Å². The van der Waals surface area contributed by atoms with Gasteiger partial charge < -0.3 is 4.90 Å². The summed E-state index contributed by atoms with van der Waals surface area (Å²) in [5, 5.41) is 3.18.